The van der Waals surface area contributed by atoms with Crippen molar-refractivity contribution in [2.45, 2.75) is 47.0 Å². The minimum Gasteiger partial charge on any atom is -0.358 e. The summed E-state index contributed by atoms with van der Waals surface area (Å²) in [6.07, 6.45) is 0. The Hall–Kier alpha value is -3.03. The molecule has 0 spiro atoms. The second-order valence-corrected chi connectivity index (χ2v) is 11.4. The molecule has 6 aromatic rings. The van der Waals surface area contributed by atoms with E-state index in [2.05, 4.69) is 139 Å². The number of rotatable bonds is 4. The molecular formula is C39H40Hf. The molecule has 0 aromatic heterocycles. The van der Waals surface area contributed by atoms with Crippen molar-refractivity contribution in [1.29, 1.82) is 0 Å². The third kappa shape index (κ3) is 5.34. The number of benzene rings is 4. The van der Waals surface area contributed by atoms with Crippen molar-refractivity contribution in [3.63, 3.8) is 0 Å². The van der Waals surface area contributed by atoms with Crippen molar-refractivity contribution in [3.05, 3.63) is 145 Å². The second kappa shape index (κ2) is 11.8. The van der Waals surface area contributed by atoms with Gasteiger partial charge in [-0.05, 0) is 55.4 Å². The van der Waals surface area contributed by atoms with Crippen molar-refractivity contribution < 1.29 is 25.8 Å². The predicted octanol–water partition coefficient (Wildman–Crippen LogP) is 11.2. The van der Waals surface area contributed by atoms with Crippen LogP contribution in [0.15, 0.2) is 97.1 Å². The SMILES string of the molecule is Cc1ccc(C)c(-c2cccc3[cH-]c(C(C)(C)c4cc5c(-c6cc(C)ccc6C)cccc5[cH-]4)cc23)c1.[CH3-].[CH3-].[Hf+4]. The van der Waals surface area contributed by atoms with Crippen molar-refractivity contribution in [2.75, 3.05) is 0 Å². The van der Waals surface area contributed by atoms with Gasteiger partial charge in [0.25, 0.3) is 0 Å². The Bertz CT molecular complexity index is 1660. The molecule has 0 aliphatic rings. The van der Waals surface area contributed by atoms with Crippen LogP contribution < -0.4 is 0 Å². The van der Waals surface area contributed by atoms with E-state index in [0.29, 0.717) is 0 Å². The van der Waals surface area contributed by atoms with Crippen molar-refractivity contribution >= 4 is 21.5 Å². The molecule has 0 bridgehead atoms. The zero-order chi connectivity index (χ0) is 25.9. The summed E-state index contributed by atoms with van der Waals surface area (Å²) in [6.45, 7) is 13.5. The van der Waals surface area contributed by atoms with Crippen LogP contribution in [-0.2, 0) is 31.3 Å². The Morgan fingerprint density at radius 2 is 0.900 bits per heavy atom. The first kappa shape index (κ1) is 31.5. The predicted molar refractivity (Wildman–Crippen MR) is 174 cm³/mol. The van der Waals surface area contributed by atoms with Crippen molar-refractivity contribution in [3.8, 4) is 22.3 Å². The van der Waals surface area contributed by atoms with Crippen LogP contribution in [-0.4, -0.2) is 0 Å². The summed E-state index contributed by atoms with van der Waals surface area (Å²) in [5.74, 6) is 0. The first-order chi connectivity index (χ1) is 17.7. The standard InChI is InChI=1S/C37H34.2CH3.Hf/c1-23-13-15-25(3)33(17-23)31-11-7-9-27-19-29(21-35(27)31)37(5,6)30-20-28-10-8-12-32(36(28)22-30)34-18-24(2)14-16-26(34)4;;;/h7-22H,1-6H3;2*1H3;/q-2;2*-1;+4. The van der Waals surface area contributed by atoms with Crippen LogP contribution in [0, 0.1) is 42.5 Å². The number of hydrogen-bond acceptors (Lipinski definition) is 0. The van der Waals surface area contributed by atoms with E-state index in [1.807, 2.05) is 0 Å². The summed E-state index contributed by atoms with van der Waals surface area (Å²) in [6, 6.07) is 36.6. The topological polar surface area (TPSA) is 0 Å². The molecule has 1 heteroatoms. The number of fused-ring (bicyclic) bond motifs is 2. The Kier molecular flexibility index (Phi) is 9.32. The van der Waals surface area contributed by atoms with Gasteiger partial charge in [0, 0.05) is 0 Å². The Morgan fingerprint density at radius 3 is 1.30 bits per heavy atom. The van der Waals surface area contributed by atoms with Crippen LogP contribution in [0.2, 0.25) is 0 Å². The quantitative estimate of drug-likeness (QED) is 0.128. The first-order valence-corrected chi connectivity index (χ1v) is 13.3. The zero-order valence-electron chi connectivity index (χ0n) is 25.2. The normalized spacial score (nSPS) is 11.2. The molecule has 0 aliphatic carbocycles. The Labute approximate surface area is 260 Å². The largest absolute Gasteiger partial charge is 4.00 e. The van der Waals surface area contributed by atoms with E-state index >= 15 is 0 Å². The monoisotopic (exact) mass is 688 g/mol. The third-order valence-electron chi connectivity index (χ3n) is 8.31. The number of hydrogen-bond donors (Lipinski definition) is 0. The third-order valence-corrected chi connectivity index (χ3v) is 8.31. The van der Waals surface area contributed by atoms with Crippen LogP contribution in [0.3, 0.4) is 0 Å². The summed E-state index contributed by atoms with van der Waals surface area (Å²) >= 11 is 0. The molecule has 0 atom stereocenters. The van der Waals surface area contributed by atoms with Crippen molar-refractivity contribution in [2.24, 2.45) is 0 Å². The molecule has 6 rings (SSSR count). The molecule has 0 amide bonds. The van der Waals surface area contributed by atoms with E-state index in [4.69, 9.17) is 0 Å². The molecule has 0 nitrogen and oxygen atoms in total. The van der Waals surface area contributed by atoms with Gasteiger partial charge in [-0.3, -0.25) is 0 Å². The van der Waals surface area contributed by atoms with E-state index in [1.165, 1.54) is 77.2 Å². The molecule has 0 saturated carbocycles. The minimum absolute atomic E-state index is 0. The fourth-order valence-corrected chi connectivity index (χ4v) is 5.88. The van der Waals surface area contributed by atoms with Gasteiger partial charge in [-0.1, -0.05) is 84.6 Å². The van der Waals surface area contributed by atoms with E-state index in [0.717, 1.165) is 0 Å². The van der Waals surface area contributed by atoms with Crippen LogP contribution in [0.4, 0.5) is 0 Å². The van der Waals surface area contributed by atoms with Gasteiger partial charge in [0.15, 0.2) is 0 Å². The van der Waals surface area contributed by atoms with Crippen LogP contribution in [0.25, 0.3) is 43.8 Å². The molecule has 0 saturated heterocycles. The van der Waals surface area contributed by atoms with Crippen LogP contribution in [0.5, 0.6) is 0 Å². The maximum Gasteiger partial charge on any atom is 4.00 e. The van der Waals surface area contributed by atoms with Gasteiger partial charge in [-0.25, -0.2) is 0 Å². The number of aryl methyl sites for hydroxylation is 4. The van der Waals surface area contributed by atoms with Gasteiger partial charge in [-0.15, -0.1) is 69.1 Å². The maximum absolute atomic E-state index is 2.43. The smallest absolute Gasteiger partial charge is 0.358 e. The van der Waals surface area contributed by atoms with E-state index < -0.39 is 0 Å². The molecule has 0 fully saturated rings. The Balaban J connectivity index is 0.00000147. The maximum atomic E-state index is 2.43. The van der Waals surface area contributed by atoms with Gasteiger partial charge in [0.05, 0.1) is 0 Å². The summed E-state index contributed by atoms with van der Waals surface area (Å²) in [7, 11) is 0. The van der Waals surface area contributed by atoms with Crippen molar-refractivity contribution in [1.82, 2.24) is 0 Å². The second-order valence-electron chi connectivity index (χ2n) is 11.4. The Morgan fingerprint density at radius 1 is 0.500 bits per heavy atom. The van der Waals surface area contributed by atoms with Gasteiger partial charge >= 0.3 is 25.8 Å². The molecular weight excluding hydrogens is 647 g/mol. The van der Waals surface area contributed by atoms with E-state index in [1.54, 1.807) is 0 Å². The van der Waals surface area contributed by atoms with Crippen LogP contribution >= 0.6 is 0 Å². The minimum atomic E-state index is -0.115. The van der Waals surface area contributed by atoms with Gasteiger partial charge in [0.2, 0.25) is 0 Å². The van der Waals surface area contributed by atoms with Gasteiger partial charge in [0.1, 0.15) is 0 Å². The molecule has 40 heavy (non-hydrogen) atoms. The average Bonchev–Trinajstić information content (AvgIpc) is 3.52. The molecule has 6 aromatic carbocycles. The summed E-state index contributed by atoms with van der Waals surface area (Å²) in [5, 5.41) is 5.31. The average molecular weight is 687 g/mol. The molecule has 0 N–H and O–H groups in total. The molecule has 0 heterocycles. The molecule has 0 unspecified atom stereocenters. The fourth-order valence-electron chi connectivity index (χ4n) is 5.88. The van der Waals surface area contributed by atoms with E-state index in [-0.39, 0.29) is 46.1 Å². The fraction of sp³-hybridized carbons (Fsp3) is 0.179. The van der Waals surface area contributed by atoms with Gasteiger partial charge < -0.3 is 14.9 Å². The summed E-state index contributed by atoms with van der Waals surface area (Å²) in [4.78, 5) is 0. The summed E-state index contributed by atoms with van der Waals surface area (Å²) in [5.41, 5.74) is 13.2. The zero-order valence-corrected chi connectivity index (χ0v) is 28.8. The molecule has 200 valence electrons. The van der Waals surface area contributed by atoms with E-state index in [9.17, 15) is 0 Å². The van der Waals surface area contributed by atoms with Crippen LogP contribution in [0.1, 0.15) is 47.2 Å². The first-order valence-electron chi connectivity index (χ1n) is 13.3. The summed E-state index contributed by atoms with van der Waals surface area (Å²) < 4.78 is 0. The molecule has 0 aliphatic heterocycles. The van der Waals surface area contributed by atoms with Gasteiger partial charge in [-0.2, -0.15) is 12.1 Å². The molecule has 0 radical (unpaired) electrons.